The number of piperidine rings is 1. The standard InChI is InChI=1S/C20H20ClN3O5S3/c1-23-14-6-5-12(19(26)29-2)10-15(14)30-20(23)22-18(25)13-4-3-9-24(11-13)32(27,28)17-8-7-16(21)31-17/h5-8,10,13H,3-4,9,11H2,1-2H3. The summed E-state index contributed by atoms with van der Waals surface area (Å²) in [5, 5.41) is 0. The van der Waals surface area contributed by atoms with Crippen molar-refractivity contribution in [2.45, 2.75) is 17.1 Å². The fourth-order valence-electron chi connectivity index (χ4n) is 3.60. The molecule has 1 amide bonds. The number of carbonyl (C=O) groups is 2. The number of hydrogen-bond acceptors (Lipinski definition) is 7. The molecule has 0 saturated carbocycles. The van der Waals surface area contributed by atoms with E-state index in [0.717, 1.165) is 21.6 Å². The number of methoxy groups -OCH3 is 1. The third-order valence-electron chi connectivity index (χ3n) is 5.31. The predicted molar refractivity (Wildman–Crippen MR) is 124 cm³/mol. The number of nitrogens with zero attached hydrogens (tertiary/aromatic N) is 3. The lowest BCUT2D eigenvalue weighted by atomic mass is 9.99. The van der Waals surface area contributed by atoms with Crippen molar-refractivity contribution in [2.24, 2.45) is 18.0 Å². The van der Waals surface area contributed by atoms with Crippen LogP contribution in [0.1, 0.15) is 23.2 Å². The minimum atomic E-state index is -3.70. The van der Waals surface area contributed by atoms with Crippen molar-refractivity contribution in [3.05, 3.63) is 45.0 Å². The topological polar surface area (TPSA) is 98.0 Å². The van der Waals surface area contributed by atoms with Crippen LogP contribution in [0.15, 0.2) is 39.5 Å². The first kappa shape index (κ1) is 23.1. The summed E-state index contributed by atoms with van der Waals surface area (Å²) in [7, 11) is -0.584. The Morgan fingerprint density at radius 2 is 2.00 bits per heavy atom. The first-order valence-electron chi connectivity index (χ1n) is 9.72. The van der Waals surface area contributed by atoms with Crippen LogP contribution in [-0.2, 0) is 26.6 Å². The van der Waals surface area contributed by atoms with Crippen molar-refractivity contribution in [3.63, 3.8) is 0 Å². The Bertz CT molecular complexity index is 1370. The molecule has 3 heterocycles. The molecule has 1 saturated heterocycles. The van der Waals surface area contributed by atoms with Crippen molar-refractivity contribution < 1.29 is 22.7 Å². The SMILES string of the molecule is COC(=O)c1ccc2c(c1)sc(=NC(=O)C1CCCN(S(=O)(=O)c3ccc(Cl)s3)C1)n2C. The smallest absolute Gasteiger partial charge is 0.337 e. The van der Waals surface area contributed by atoms with Gasteiger partial charge in [-0.25, -0.2) is 13.2 Å². The molecule has 1 fully saturated rings. The van der Waals surface area contributed by atoms with Gasteiger partial charge in [0.25, 0.3) is 15.9 Å². The second-order valence-corrected chi connectivity index (χ2v) is 12.2. The number of aromatic nitrogens is 1. The molecule has 170 valence electrons. The number of fused-ring (bicyclic) bond motifs is 1. The summed E-state index contributed by atoms with van der Waals surface area (Å²) in [6.45, 7) is 0.440. The number of thiazole rings is 1. The summed E-state index contributed by atoms with van der Waals surface area (Å²) in [6, 6.07) is 8.18. The second kappa shape index (κ2) is 9.06. The van der Waals surface area contributed by atoms with Crippen LogP contribution in [0.25, 0.3) is 10.2 Å². The van der Waals surface area contributed by atoms with Gasteiger partial charge in [0.2, 0.25) is 0 Å². The Labute approximate surface area is 197 Å². The number of esters is 1. The molecule has 32 heavy (non-hydrogen) atoms. The summed E-state index contributed by atoms with van der Waals surface area (Å²) in [5.74, 6) is -1.32. The van der Waals surface area contributed by atoms with Crippen molar-refractivity contribution in [1.82, 2.24) is 8.87 Å². The molecule has 1 atom stereocenters. The van der Waals surface area contributed by atoms with E-state index in [1.165, 1.54) is 28.8 Å². The third-order valence-corrected chi connectivity index (χ3v) is 9.97. The minimum absolute atomic E-state index is 0.0846. The summed E-state index contributed by atoms with van der Waals surface area (Å²) in [5.41, 5.74) is 1.25. The first-order chi connectivity index (χ1) is 15.2. The van der Waals surface area contributed by atoms with E-state index in [4.69, 9.17) is 16.3 Å². The van der Waals surface area contributed by atoms with Crippen molar-refractivity contribution in [1.29, 1.82) is 0 Å². The Hall–Kier alpha value is -2.05. The maximum atomic E-state index is 12.9. The van der Waals surface area contributed by atoms with Crippen molar-refractivity contribution >= 4 is 66.4 Å². The van der Waals surface area contributed by atoms with E-state index in [-0.39, 0.29) is 16.7 Å². The quantitative estimate of drug-likeness (QED) is 0.499. The van der Waals surface area contributed by atoms with Gasteiger partial charge in [-0.05, 0) is 43.2 Å². The Balaban J connectivity index is 1.59. The number of benzene rings is 1. The largest absolute Gasteiger partial charge is 0.465 e. The highest BCUT2D eigenvalue weighted by Crippen LogP contribution is 2.31. The molecule has 0 N–H and O–H groups in total. The van der Waals surface area contributed by atoms with E-state index in [2.05, 4.69) is 4.99 Å². The number of carbonyl (C=O) groups excluding carboxylic acids is 2. The molecular formula is C20H20ClN3O5S3. The highest BCUT2D eigenvalue weighted by molar-refractivity contribution is 7.91. The zero-order valence-electron chi connectivity index (χ0n) is 17.3. The number of halogens is 1. The van der Waals surface area contributed by atoms with Crippen molar-refractivity contribution in [3.8, 4) is 0 Å². The molecule has 1 aliphatic heterocycles. The van der Waals surface area contributed by atoms with Gasteiger partial charge in [-0.2, -0.15) is 9.30 Å². The van der Waals surface area contributed by atoms with Gasteiger partial charge in [0, 0.05) is 20.1 Å². The molecule has 4 rings (SSSR count). The fraction of sp³-hybridized carbons (Fsp3) is 0.350. The van der Waals surface area contributed by atoms with Crippen LogP contribution in [0.5, 0.6) is 0 Å². The van der Waals surface area contributed by atoms with Crippen LogP contribution in [0, 0.1) is 5.92 Å². The number of rotatable bonds is 4. The van der Waals surface area contributed by atoms with E-state index in [9.17, 15) is 18.0 Å². The van der Waals surface area contributed by atoms with Gasteiger partial charge in [0.15, 0.2) is 4.80 Å². The molecule has 8 nitrogen and oxygen atoms in total. The van der Waals surface area contributed by atoms with E-state index < -0.39 is 21.9 Å². The Kier molecular flexibility index (Phi) is 6.55. The minimum Gasteiger partial charge on any atom is -0.465 e. The summed E-state index contributed by atoms with van der Waals surface area (Å²) < 4.78 is 35.1. The van der Waals surface area contributed by atoms with Crippen molar-refractivity contribution in [2.75, 3.05) is 20.2 Å². The summed E-state index contributed by atoms with van der Waals surface area (Å²) in [4.78, 5) is 29.5. The average Bonchev–Trinajstić information content (AvgIpc) is 3.36. The third kappa shape index (κ3) is 4.40. The zero-order chi connectivity index (χ0) is 23.0. The van der Waals surface area contributed by atoms with Crippen LogP contribution >= 0.6 is 34.3 Å². The molecule has 1 aromatic carbocycles. The van der Waals surface area contributed by atoms with E-state index in [0.29, 0.717) is 34.1 Å². The molecule has 12 heteroatoms. The molecule has 0 spiro atoms. The van der Waals surface area contributed by atoms with Gasteiger partial charge in [-0.15, -0.1) is 11.3 Å². The van der Waals surface area contributed by atoms with Crippen LogP contribution in [0.3, 0.4) is 0 Å². The molecule has 1 aliphatic rings. The second-order valence-electron chi connectivity index (χ2n) is 7.33. The molecule has 0 radical (unpaired) electrons. The maximum absolute atomic E-state index is 12.9. The monoisotopic (exact) mass is 513 g/mol. The van der Waals surface area contributed by atoms with Crippen LogP contribution in [0.4, 0.5) is 0 Å². The zero-order valence-corrected chi connectivity index (χ0v) is 20.5. The Morgan fingerprint density at radius 1 is 1.22 bits per heavy atom. The molecule has 3 aromatic rings. The molecule has 2 aromatic heterocycles. The normalized spacial score (nSPS) is 18.2. The predicted octanol–water partition coefficient (Wildman–Crippen LogP) is 3.27. The van der Waals surface area contributed by atoms with E-state index in [1.54, 1.807) is 35.9 Å². The van der Waals surface area contributed by atoms with Gasteiger partial charge in [-0.3, -0.25) is 4.79 Å². The summed E-state index contributed by atoms with van der Waals surface area (Å²) >= 11 is 8.19. The number of ether oxygens (including phenoxy) is 1. The lowest BCUT2D eigenvalue weighted by molar-refractivity contribution is -0.122. The van der Waals surface area contributed by atoms with Gasteiger partial charge >= 0.3 is 5.97 Å². The van der Waals surface area contributed by atoms with Gasteiger partial charge in [0.1, 0.15) is 4.21 Å². The van der Waals surface area contributed by atoms with Crippen LogP contribution in [0.2, 0.25) is 4.34 Å². The summed E-state index contributed by atoms with van der Waals surface area (Å²) in [6.07, 6.45) is 1.14. The van der Waals surface area contributed by atoms with Gasteiger partial charge < -0.3 is 9.30 Å². The van der Waals surface area contributed by atoms with E-state index >= 15 is 0 Å². The molecular weight excluding hydrogens is 494 g/mol. The van der Waals surface area contributed by atoms with Gasteiger partial charge in [-0.1, -0.05) is 22.9 Å². The van der Waals surface area contributed by atoms with Crippen LogP contribution < -0.4 is 4.80 Å². The lowest BCUT2D eigenvalue weighted by Crippen LogP contribution is -2.42. The highest BCUT2D eigenvalue weighted by Gasteiger charge is 2.34. The molecule has 1 unspecified atom stereocenters. The van der Waals surface area contributed by atoms with Gasteiger partial charge in [0.05, 0.1) is 33.1 Å². The highest BCUT2D eigenvalue weighted by atomic mass is 35.5. The maximum Gasteiger partial charge on any atom is 0.337 e. The lowest BCUT2D eigenvalue weighted by Gasteiger charge is -2.29. The fourth-order valence-corrected chi connectivity index (χ4v) is 7.82. The number of sulfonamides is 1. The van der Waals surface area contributed by atoms with E-state index in [1.807, 2.05) is 0 Å². The average molecular weight is 514 g/mol. The number of aryl methyl sites for hydroxylation is 1. The number of amides is 1. The molecule has 0 aliphatic carbocycles. The number of hydrogen-bond donors (Lipinski definition) is 0. The number of thiophene rings is 1. The Morgan fingerprint density at radius 3 is 2.69 bits per heavy atom. The first-order valence-corrected chi connectivity index (χ1v) is 13.2. The van der Waals surface area contributed by atoms with Crippen LogP contribution in [-0.4, -0.2) is 49.4 Å². The molecule has 0 bridgehead atoms.